The lowest BCUT2D eigenvalue weighted by Gasteiger charge is -2.35. The number of amides is 1. The molecule has 13 heteroatoms. The predicted molar refractivity (Wildman–Crippen MR) is 225 cm³/mol. The van der Waals surface area contributed by atoms with Crippen LogP contribution in [0.4, 0.5) is 11.4 Å². The van der Waals surface area contributed by atoms with Crippen LogP contribution in [0.15, 0.2) is 42.5 Å². The molecule has 294 valence electrons. The smallest absolute Gasteiger partial charge is 0.352 e. The quantitative estimate of drug-likeness (QED) is 0.123. The molecule has 0 aliphatic carbocycles. The molecule has 0 unspecified atom stereocenters. The number of carbonyl (C=O) groups is 2. The molecule has 3 aromatic heterocycles. The van der Waals surface area contributed by atoms with Gasteiger partial charge in [0.05, 0.1) is 40.7 Å². The topological polar surface area (TPSA) is 107 Å². The average Bonchev–Trinajstić information content (AvgIpc) is 3.76. The van der Waals surface area contributed by atoms with Crippen molar-refractivity contribution >= 4 is 68.3 Å². The fraction of sp³-hybridized carbons (Fsp3) is 0.372. The molecule has 4 heterocycles. The summed E-state index contributed by atoms with van der Waals surface area (Å²) in [6, 6.07) is 13.3. The van der Waals surface area contributed by atoms with Gasteiger partial charge in [-0.05, 0) is 101 Å². The van der Waals surface area contributed by atoms with E-state index in [2.05, 4.69) is 16.4 Å². The van der Waals surface area contributed by atoms with Crippen molar-refractivity contribution in [1.82, 2.24) is 18.9 Å². The van der Waals surface area contributed by atoms with Gasteiger partial charge >= 0.3 is 5.97 Å². The van der Waals surface area contributed by atoms with E-state index in [1.165, 1.54) is 0 Å². The lowest BCUT2D eigenvalue weighted by molar-refractivity contribution is 0.0687. The first-order valence-corrected chi connectivity index (χ1v) is 19.5. The number of halogens is 2. The summed E-state index contributed by atoms with van der Waals surface area (Å²) in [4.78, 5) is 31.6. The van der Waals surface area contributed by atoms with Crippen molar-refractivity contribution in [2.45, 2.75) is 53.5 Å². The summed E-state index contributed by atoms with van der Waals surface area (Å²) >= 11 is 13.6. The van der Waals surface area contributed by atoms with Gasteiger partial charge in [0.2, 0.25) is 0 Å². The number of hydrogen-bond donors (Lipinski definition) is 1. The first-order valence-electron chi connectivity index (χ1n) is 18.8. The molecular weight excluding hydrogens is 751 g/mol. The molecular formula is C43H48Cl2N6O5. The van der Waals surface area contributed by atoms with Crippen LogP contribution in [0.3, 0.4) is 0 Å². The molecule has 1 aliphatic heterocycles. The number of benzene rings is 3. The molecule has 1 aliphatic rings. The molecule has 11 nitrogen and oxygen atoms in total. The van der Waals surface area contributed by atoms with Crippen molar-refractivity contribution in [2.75, 3.05) is 50.3 Å². The summed E-state index contributed by atoms with van der Waals surface area (Å²) in [5.41, 5.74) is 10.2. The van der Waals surface area contributed by atoms with Gasteiger partial charge in [0.25, 0.3) is 5.91 Å². The Hall–Kier alpha value is -4.97. The maximum Gasteiger partial charge on any atom is 0.352 e. The van der Waals surface area contributed by atoms with Gasteiger partial charge in [0.1, 0.15) is 17.1 Å². The standard InChI is InChI=1S/C43H48Cl2N6O5/c1-23-17-30(18-24(2)38(23)45)56-15-10-11-31-32-12-13-33(44)37(36-26(4)46-49(8)27(36)5)40(32)51-25(3)22-50(42(52)41(31)51)34-21-29(47(6)14-16-55-9)19-28-20-35(43(53)54)48(7)39(28)34/h12-13,17-21,25H,10-11,14-16,22H2,1-9H3,(H,53,54)/t25-/m1/s1. The van der Waals surface area contributed by atoms with Gasteiger partial charge in [-0.2, -0.15) is 5.10 Å². The zero-order valence-corrected chi connectivity index (χ0v) is 34.9. The number of methoxy groups -OCH3 is 1. The number of fused-ring (bicyclic) bond motifs is 4. The lowest BCUT2D eigenvalue weighted by atomic mass is 9.98. The van der Waals surface area contributed by atoms with Crippen molar-refractivity contribution in [3.8, 4) is 16.9 Å². The van der Waals surface area contributed by atoms with Crippen LogP contribution < -0.4 is 14.5 Å². The number of likely N-dealkylation sites (N-methyl/N-ethyl adjacent to an activating group) is 1. The Morgan fingerprint density at radius 2 is 1.71 bits per heavy atom. The molecule has 7 rings (SSSR count). The van der Waals surface area contributed by atoms with Crippen LogP contribution in [0, 0.1) is 27.7 Å². The number of carboxylic acid groups (broad SMARTS) is 1. The SMILES string of the molecule is COCCN(C)c1cc(N2C[C@@H](C)n3c(c(CCCOc4cc(C)c(Cl)c(C)c4)c4ccc(Cl)c(-c5c(C)nn(C)c5C)c43)C2=O)c2c(c1)cc(C(=O)O)n2C. The predicted octanol–water partition coefficient (Wildman–Crippen LogP) is 9.09. The second-order valence-electron chi connectivity index (χ2n) is 15.0. The maximum absolute atomic E-state index is 15.4. The fourth-order valence-corrected chi connectivity index (χ4v) is 8.75. The number of carboxylic acids is 1. The molecule has 0 fully saturated rings. The molecule has 1 N–H and O–H groups in total. The van der Waals surface area contributed by atoms with Gasteiger partial charge in [-0.1, -0.05) is 29.3 Å². The Bertz CT molecular complexity index is 2530. The highest BCUT2D eigenvalue weighted by atomic mass is 35.5. The summed E-state index contributed by atoms with van der Waals surface area (Å²) in [5.74, 6) is -0.457. The molecule has 0 saturated carbocycles. The monoisotopic (exact) mass is 798 g/mol. The number of anilines is 2. The molecule has 1 amide bonds. The van der Waals surface area contributed by atoms with E-state index in [0.717, 1.165) is 72.0 Å². The van der Waals surface area contributed by atoms with E-state index in [4.69, 9.17) is 37.8 Å². The highest BCUT2D eigenvalue weighted by molar-refractivity contribution is 6.35. The van der Waals surface area contributed by atoms with Crippen LogP contribution in [0.25, 0.3) is 32.9 Å². The second-order valence-corrected chi connectivity index (χ2v) is 15.8. The summed E-state index contributed by atoms with van der Waals surface area (Å²) in [6.45, 7) is 12.0. The van der Waals surface area contributed by atoms with Gasteiger partial charge in [-0.25, -0.2) is 4.79 Å². The first kappa shape index (κ1) is 39.3. The van der Waals surface area contributed by atoms with Gasteiger partial charge in [0.15, 0.2) is 0 Å². The molecule has 56 heavy (non-hydrogen) atoms. The Kier molecular flexibility index (Phi) is 10.6. The zero-order valence-electron chi connectivity index (χ0n) is 33.4. The van der Waals surface area contributed by atoms with Crippen LogP contribution in [0.5, 0.6) is 5.75 Å². The van der Waals surface area contributed by atoms with Crippen LogP contribution in [-0.2, 0) is 25.3 Å². The van der Waals surface area contributed by atoms with Crippen LogP contribution >= 0.6 is 23.2 Å². The first-order chi connectivity index (χ1) is 26.6. The third-order valence-corrected chi connectivity index (χ3v) is 12.1. The van der Waals surface area contributed by atoms with Gasteiger partial charge in [-0.3, -0.25) is 9.48 Å². The largest absolute Gasteiger partial charge is 0.494 e. The second kappa shape index (κ2) is 15.2. The third kappa shape index (κ3) is 6.59. The third-order valence-electron chi connectivity index (χ3n) is 11.2. The molecule has 0 radical (unpaired) electrons. The number of nitrogens with zero attached hydrogens (tertiary/aromatic N) is 6. The summed E-state index contributed by atoms with van der Waals surface area (Å²) in [6.07, 6.45) is 1.20. The fourth-order valence-electron chi connectivity index (χ4n) is 8.39. The number of rotatable bonds is 12. The molecule has 6 aromatic rings. The number of aromatic nitrogens is 4. The minimum absolute atomic E-state index is 0.137. The van der Waals surface area contributed by atoms with E-state index < -0.39 is 5.97 Å². The Balaban J connectivity index is 1.40. The number of aryl methyl sites for hydroxylation is 6. The van der Waals surface area contributed by atoms with E-state index in [9.17, 15) is 9.90 Å². The molecule has 0 spiro atoms. The molecule has 0 saturated heterocycles. The number of carbonyl (C=O) groups excluding carboxylic acids is 1. The van der Waals surface area contributed by atoms with E-state index >= 15 is 4.79 Å². The zero-order chi connectivity index (χ0) is 40.3. The summed E-state index contributed by atoms with van der Waals surface area (Å²) in [5, 5.41) is 17.9. The van der Waals surface area contributed by atoms with Crippen LogP contribution in [0.2, 0.25) is 10.0 Å². The van der Waals surface area contributed by atoms with Gasteiger partial charge < -0.3 is 33.5 Å². The molecule has 1 atom stereocenters. The average molecular weight is 800 g/mol. The van der Waals surface area contributed by atoms with Gasteiger partial charge in [-0.15, -0.1) is 0 Å². The Labute approximate surface area is 336 Å². The van der Waals surface area contributed by atoms with E-state index in [1.807, 2.05) is 87.8 Å². The Morgan fingerprint density at radius 1 is 1.00 bits per heavy atom. The normalized spacial score (nSPS) is 14.3. The Morgan fingerprint density at radius 3 is 2.36 bits per heavy atom. The molecule has 3 aromatic carbocycles. The lowest BCUT2D eigenvalue weighted by Crippen LogP contribution is -2.43. The number of hydrogen-bond acceptors (Lipinski definition) is 6. The highest BCUT2D eigenvalue weighted by Gasteiger charge is 2.38. The van der Waals surface area contributed by atoms with Crippen LogP contribution in [0.1, 0.15) is 68.4 Å². The number of aromatic carboxylic acids is 1. The van der Waals surface area contributed by atoms with Crippen molar-refractivity contribution in [1.29, 1.82) is 0 Å². The van der Waals surface area contributed by atoms with Crippen molar-refractivity contribution in [2.24, 2.45) is 14.1 Å². The molecule has 0 bridgehead atoms. The van der Waals surface area contributed by atoms with Crippen LogP contribution in [-0.4, -0.2) is 76.4 Å². The summed E-state index contributed by atoms with van der Waals surface area (Å²) < 4.78 is 17.3. The van der Waals surface area contributed by atoms with Crippen molar-refractivity contribution in [3.05, 3.63) is 92.0 Å². The van der Waals surface area contributed by atoms with E-state index in [0.29, 0.717) is 61.1 Å². The maximum atomic E-state index is 15.4. The van der Waals surface area contributed by atoms with Gasteiger partial charge in [0, 0.05) is 85.7 Å². The highest BCUT2D eigenvalue weighted by Crippen LogP contribution is 2.46. The van der Waals surface area contributed by atoms with E-state index in [1.54, 1.807) is 24.8 Å². The summed E-state index contributed by atoms with van der Waals surface area (Å²) in [7, 11) is 7.28. The van der Waals surface area contributed by atoms with E-state index in [-0.39, 0.29) is 17.6 Å². The number of ether oxygens (including phenoxy) is 2. The minimum atomic E-state index is -1.04. The minimum Gasteiger partial charge on any atom is -0.494 e. The van der Waals surface area contributed by atoms with Crippen molar-refractivity contribution in [3.63, 3.8) is 0 Å². The van der Waals surface area contributed by atoms with Crippen molar-refractivity contribution < 1.29 is 24.2 Å².